The van der Waals surface area contributed by atoms with Gasteiger partial charge in [0, 0.05) is 35.7 Å². The summed E-state index contributed by atoms with van der Waals surface area (Å²) in [6.45, 7) is 0.253. The average molecular weight is 445 g/mol. The van der Waals surface area contributed by atoms with Gasteiger partial charge >= 0.3 is 5.97 Å². The van der Waals surface area contributed by atoms with Crippen molar-refractivity contribution < 1.29 is 28.6 Å². The zero-order chi connectivity index (χ0) is 22.5. The van der Waals surface area contributed by atoms with Gasteiger partial charge in [-0.3, -0.25) is 9.59 Å². The van der Waals surface area contributed by atoms with Crippen LogP contribution >= 0.6 is 11.8 Å². The van der Waals surface area contributed by atoms with E-state index >= 15 is 0 Å². The fourth-order valence-corrected chi connectivity index (χ4v) is 3.86. The molecule has 1 aliphatic heterocycles. The molecular formula is C22H24N2O6S. The SMILES string of the molecule is COC(=O)c1cc(OC)c(OC)cc1NC(=O)C1CC(=O)N(c2cccc(SC)c2)C1. The molecule has 1 fully saturated rings. The lowest BCUT2D eigenvalue weighted by molar-refractivity contribution is -0.122. The molecule has 2 amide bonds. The Balaban J connectivity index is 1.83. The average Bonchev–Trinajstić information content (AvgIpc) is 3.19. The number of hydrogen-bond donors (Lipinski definition) is 1. The van der Waals surface area contributed by atoms with Gasteiger partial charge in [0.1, 0.15) is 0 Å². The van der Waals surface area contributed by atoms with E-state index in [9.17, 15) is 14.4 Å². The smallest absolute Gasteiger partial charge is 0.340 e. The predicted molar refractivity (Wildman–Crippen MR) is 118 cm³/mol. The molecule has 0 radical (unpaired) electrons. The Morgan fingerprint density at radius 3 is 2.45 bits per heavy atom. The van der Waals surface area contributed by atoms with Crippen molar-refractivity contribution in [3.63, 3.8) is 0 Å². The number of methoxy groups -OCH3 is 3. The molecule has 1 heterocycles. The van der Waals surface area contributed by atoms with Gasteiger partial charge in [0.05, 0.1) is 38.5 Å². The van der Waals surface area contributed by atoms with Crippen LogP contribution < -0.4 is 19.7 Å². The molecule has 1 unspecified atom stereocenters. The number of ether oxygens (including phenoxy) is 3. The quantitative estimate of drug-likeness (QED) is 0.518. The van der Waals surface area contributed by atoms with Gasteiger partial charge < -0.3 is 24.4 Å². The molecule has 0 spiro atoms. The Bertz CT molecular complexity index is 1010. The first-order valence-corrected chi connectivity index (χ1v) is 10.7. The van der Waals surface area contributed by atoms with E-state index in [0.29, 0.717) is 11.5 Å². The summed E-state index contributed by atoms with van der Waals surface area (Å²) in [6.07, 6.45) is 2.04. The lowest BCUT2D eigenvalue weighted by Gasteiger charge is -2.18. The monoisotopic (exact) mass is 444 g/mol. The van der Waals surface area contributed by atoms with Crippen LogP contribution in [0, 0.1) is 5.92 Å². The molecule has 1 aliphatic rings. The first-order valence-electron chi connectivity index (χ1n) is 9.51. The van der Waals surface area contributed by atoms with Gasteiger partial charge in [-0.2, -0.15) is 0 Å². The highest BCUT2D eigenvalue weighted by molar-refractivity contribution is 7.98. The van der Waals surface area contributed by atoms with Crippen LogP contribution in [-0.4, -0.2) is 51.9 Å². The van der Waals surface area contributed by atoms with E-state index in [-0.39, 0.29) is 36.0 Å². The predicted octanol–water partition coefficient (Wildman–Crippen LogP) is 3.20. The summed E-state index contributed by atoms with van der Waals surface area (Å²) in [5.74, 6) is -1.01. The van der Waals surface area contributed by atoms with Gasteiger partial charge in [-0.15, -0.1) is 11.8 Å². The number of amides is 2. The zero-order valence-corrected chi connectivity index (χ0v) is 18.6. The van der Waals surface area contributed by atoms with Crippen LogP contribution in [0.5, 0.6) is 11.5 Å². The Morgan fingerprint density at radius 1 is 1.10 bits per heavy atom. The molecule has 0 aliphatic carbocycles. The number of nitrogens with zero attached hydrogens (tertiary/aromatic N) is 1. The van der Waals surface area contributed by atoms with Crippen LogP contribution in [-0.2, 0) is 14.3 Å². The van der Waals surface area contributed by atoms with Gasteiger partial charge in [-0.25, -0.2) is 4.79 Å². The molecule has 0 saturated carbocycles. The number of carbonyl (C=O) groups excluding carboxylic acids is 3. The van der Waals surface area contributed by atoms with Gasteiger partial charge in [-0.1, -0.05) is 6.07 Å². The number of nitrogens with one attached hydrogen (secondary N) is 1. The highest BCUT2D eigenvalue weighted by Gasteiger charge is 2.35. The summed E-state index contributed by atoms with van der Waals surface area (Å²) >= 11 is 1.58. The van der Waals surface area contributed by atoms with E-state index < -0.39 is 11.9 Å². The highest BCUT2D eigenvalue weighted by Crippen LogP contribution is 2.35. The van der Waals surface area contributed by atoms with E-state index in [1.54, 1.807) is 16.7 Å². The van der Waals surface area contributed by atoms with E-state index in [1.165, 1.54) is 33.5 Å². The Labute approximate surface area is 184 Å². The highest BCUT2D eigenvalue weighted by atomic mass is 32.2. The standard InChI is InChI=1S/C22H24N2O6S/c1-28-18-10-16(22(27)30-3)17(11-19(18)29-2)23-21(26)13-8-20(25)24(12-13)14-6-5-7-15(9-14)31-4/h5-7,9-11,13H,8,12H2,1-4H3,(H,23,26). The van der Waals surface area contributed by atoms with E-state index in [2.05, 4.69) is 5.32 Å². The summed E-state index contributed by atoms with van der Waals surface area (Å²) < 4.78 is 15.3. The molecule has 31 heavy (non-hydrogen) atoms. The van der Waals surface area contributed by atoms with Gasteiger partial charge in [0.2, 0.25) is 11.8 Å². The van der Waals surface area contributed by atoms with E-state index in [1.807, 2.05) is 30.5 Å². The number of anilines is 2. The van der Waals surface area contributed by atoms with Crippen LogP contribution in [0.2, 0.25) is 0 Å². The minimum Gasteiger partial charge on any atom is -0.493 e. The summed E-state index contributed by atoms with van der Waals surface area (Å²) in [5, 5.41) is 2.75. The molecular weight excluding hydrogens is 420 g/mol. The van der Waals surface area contributed by atoms with Crippen molar-refractivity contribution in [3.8, 4) is 11.5 Å². The van der Waals surface area contributed by atoms with Crippen LogP contribution in [0.4, 0.5) is 11.4 Å². The van der Waals surface area contributed by atoms with Gasteiger partial charge in [0.15, 0.2) is 11.5 Å². The fraction of sp³-hybridized carbons (Fsp3) is 0.318. The number of esters is 1. The van der Waals surface area contributed by atoms with E-state index in [0.717, 1.165) is 10.6 Å². The summed E-state index contributed by atoms with van der Waals surface area (Å²) in [5.41, 5.74) is 1.11. The summed E-state index contributed by atoms with van der Waals surface area (Å²) in [7, 11) is 4.15. The number of carbonyl (C=O) groups is 3. The van der Waals surface area contributed by atoms with Crippen molar-refractivity contribution in [1.82, 2.24) is 0 Å². The maximum atomic E-state index is 13.0. The van der Waals surface area contributed by atoms with Crippen LogP contribution in [0.3, 0.4) is 0 Å². The lowest BCUT2D eigenvalue weighted by Crippen LogP contribution is -2.28. The van der Waals surface area contributed by atoms with Crippen molar-refractivity contribution in [2.75, 3.05) is 44.3 Å². The largest absolute Gasteiger partial charge is 0.493 e. The van der Waals surface area contributed by atoms with Gasteiger partial charge in [0.25, 0.3) is 0 Å². The first-order chi connectivity index (χ1) is 14.9. The molecule has 0 aromatic heterocycles. The minimum atomic E-state index is -0.630. The van der Waals surface area contributed by atoms with Crippen molar-refractivity contribution in [3.05, 3.63) is 42.0 Å². The van der Waals surface area contributed by atoms with Crippen molar-refractivity contribution >= 4 is 40.9 Å². The minimum absolute atomic E-state index is 0.0795. The van der Waals surface area contributed by atoms with Crippen molar-refractivity contribution in [2.24, 2.45) is 5.92 Å². The third kappa shape index (κ3) is 4.77. The lowest BCUT2D eigenvalue weighted by atomic mass is 10.1. The topological polar surface area (TPSA) is 94.2 Å². The molecule has 2 aromatic carbocycles. The normalized spacial score (nSPS) is 15.5. The zero-order valence-electron chi connectivity index (χ0n) is 17.8. The second kappa shape index (κ2) is 9.74. The summed E-state index contributed by atoms with van der Waals surface area (Å²) in [6, 6.07) is 10.6. The molecule has 1 saturated heterocycles. The second-order valence-corrected chi connectivity index (χ2v) is 7.72. The van der Waals surface area contributed by atoms with E-state index in [4.69, 9.17) is 14.2 Å². The molecule has 3 rings (SSSR count). The molecule has 8 nitrogen and oxygen atoms in total. The molecule has 1 atom stereocenters. The molecule has 1 N–H and O–H groups in total. The first kappa shape index (κ1) is 22.5. The Kier molecular flexibility index (Phi) is 7.06. The number of thioether (sulfide) groups is 1. The maximum Gasteiger partial charge on any atom is 0.340 e. The van der Waals surface area contributed by atoms with Crippen LogP contribution in [0.1, 0.15) is 16.8 Å². The van der Waals surface area contributed by atoms with Crippen LogP contribution in [0.15, 0.2) is 41.3 Å². The number of rotatable bonds is 7. The fourth-order valence-electron chi connectivity index (χ4n) is 3.41. The maximum absolute atomic E-state index is 13.0. The number of benzene rings is 2. The number of hydrogen-bond acceptors (Lipinski definition) is 7. The Hall–Kier alpha value is -3.20. The van der Waals surface area contributed by atoms with Crippen LogP contribution in [0.25, 0.3) is 0 Å². The summed E-state index contributed by atoms with van der Waals surface area (Å²) in [4.78, 5) is 40.4. The van der Waals surface area contributed by atoms with Gasteiger partial charge in [-0.05, 0) is 24.5 Å². The van der Waals surface area contributed by atoms with Crippen molar-refractivity contribution in [1.29, 1.82) is 0 Å². The molecule has 2 aromatic rings. The molecule has 9 heteroatoms. The molecule has 0 bridgehead atoms. The third-order valence-electron chi connectivity index (χ3n) is 5.05. The Morgan fingerprint density at radius 2 is 1.81 bits per heavy atom. The molecule has 164 valence electrons. The third-order valence-corrected chi connectivity index (χ3v) is 5.77. The van der Waals surface area contributed by atoms with Crippen molar-refractivity contribution in [2.45, 2.75) is 11.3 Å². The second-order valence-electron chi connectivity index (χ2n) is 6.84.